The van der Waals surface area contributed by atoms with E-state index in [0.717, 1.165) is 6.54 Å². The Balaban J connectivity index is 2.07. The molecule has 2 rings (SSSR count). The van der Waals surface area contributed by atoms with Crippen molar-refractivity contribution in [1.82, 2.24) is 4.90 Å². The Morgan fingerprint density at radius 3 is 2.78 bits per heavy atom. The minimum atomic E-state index is -0.299. The summed E-state index contributed by atoms with van der Waals surface area (Å²) in [5.74, 6) is 1.01. The van der Waals surface area contributed by atoms with E-state index < -0.39 is 0 Å². The maximum Gasteiger partial charge on any atom is 0.351 e. The Bertz CT molecular complexity index is 424. The van der Waals surface area contributed by atoms with E-state index in [1.165, 1.54) is 36.2 Å². The molecule has 0 aromatic carbocycles. The lowest BCUT2D eigenvalue weighted by atomic mass is 10.3. The summed E-state index contributed by atoms with van der Waals surface area (Å²) >= 11 is 1.51. The molecular formula is C13H19NO3S. The van der Waals surface area contributed by atoms with Gasteiger partial charge in [0.1, 0.15) is 12.4 Å². The second-order valence-electron chi connectivity index (χ2n) is 4.76. The Labute approximate surface area is 111 Å². The van der Waals surface area contributed by atoms with Crippen LogP contribution in [0.2, 0.25) is 0 Å². The van der Waals surface area contributed by atoms with E-state index in [-0.39, 0.29) is 5.97 Å². The van der Waals surface area contributed by atoms with Gasteiger partial charge in [0.05, 0.1) is 7.11 Å². The van der Waals surface area contributed by atoms with E-state index >= 15 is 0 Å². The molecule has 100 valence electrons. The number of hydrogen-bond acceptors (Lipinski definition) is 5. The number of rotatable bonds is 6. The van der Waals surface area contributed by atoms with Crippen LogP contribution in [-0.2, 0) is 4.74 Å². The van der Waals surface area contributed by atoms with Crippen molar-refractivity contribution in [2.75, 3.05) is 34.4 Å². The molecule has 0 spiro atoms. The minimum absolute atomic E-state index is 0.299. The van der Waals surface area contributed by atoms with Crippen molar-refractivity contribution in [2.24, 2.45) is 0 Å². The van der Waals surface area contributed by atoms with Crippen molar-refractivity contribution < 1.29 is 14.3 Å². The molecule has 0 unspecified atom stereocenters. The van der Waals surface area contributed by atoms with Crippen molar-refractivity contribution in [2.45, 2.75) is 18.8 Å². The van der Waals surface area contributed by atoms with Gasteiger partial charge in [-0.15, -0.1) is 11.3 Å². The van der Waals surface area contributed by atoms with Crippen LogP contribution in [0.1, 0.15) is 33.3 Å². The summed E-state index contributed by atoms with van der Waals surface area (Å²) < 4.78 is 10.5. The lowest BCUT2D eigenvalue weighted by Gasteiger charge is -2.10. The molecule has 5 heteroatoms. The average molecular weight is 269 g/mol. The second kappa shape index (κ2) is 5.71. The molecule has 1 saturated carbocycles. The zero-order valence-corrected chi connectivity index (χ0v) is 11.9. The highest BCUT2D eigenvalue weighted by Crippen LogP contribution is 2.46. The molecule has 0 radical (unpaired) electrons. The second-order valence-corrected chi connectivity index (χ2v) is 5.84. The molecule has 0 aliphatic heterocycles. The highest BCUT2D eigenvalue weighted by Gasteiger charge is 2.29. The summed E-state index contributed by atoms with van der Waals surface area (Å²) in [5, 5.41) is 0. The number of methoxy groups -OCH3 is 1. The van der Waals surface area contributed by atoms with Crippen LogP contribution < -0.4 is 4.74 Å². The first kappa shape index (κ1) is 13.4. The fourth-order valence-corrected chi connectivity index (χ4v) is 2.83. The van der Waals surface area contributed by atoms with Gasteiger partial charge in [0.15, 0.2) is 4.88 Å². The first-order valence-electron chi connectivity index (χ1n) is 6.11. The molecule has 0 bridgehead atoms. The molecule has 0 N–H and O–H groups in total. The highest BCUT2D eigenvalue weighted by atomic mass is 32.1. The van der Waals surface area contributed by atoms with E-state index in [1.807, 2.05) is 25.1 Å². The number of nitrogens with zero attached hydrogens (tertiary/aromatic N) is 1. The molecule has 1 aliphatic rings. The number of carbonyl (C=O) groups is 1. The SMILES string of the molecule is COC(=O)c1sc(C2CC2)cc1OCCN(C)C. The van der Waals surface area contributed by atoms with Gasteiger partial charge in [-0.3, -0.25) is 0 Å². The number of likely N-dealkylation sites (N-methyl/N-ethyl adjacent to an activating group) is 1. The first-order chi connectivity index (χ1) is 8.61. The van der Waals surface area contributed by atoms with Crippen LogP contribution in [-0.4, -0.2) is 45.2 Å². The molecule has 1 heterocycles. The topological polar surface area (TPSA) is 38.8 Å². The van der Waals surface area contributed by atoms with E-state index in [4.69, 9.17) is 9.47 Å². The number of esters is 1. The fourth-order valence-electron chi connectivity index (χ4n) is 1.64. The normalized spacial score (nSPS) is 14.9. The smallest absolute Gasteiger partial charge is 0.351 e. The third-order valence-corrected chi connectivity index (χ3v) is 4.12. The fraction of sp³-hybridized carbons (Fsp3) is 0.615. The third kappa shape index (κ3) is 3.23. The summed E-state index contributed by atoms with van der Waals surface area (Å²) in [6.07, 6.45) is 2.44. The summed E-state index contributed by atoms with van der Waals surface area (Å²) in [6, 6.07) is 2.00. The Morgan fingerprint density at radius 1 is 1.50 bits per heavy atom. The molecule has 1 aromatic rings. The standard InChI is InChI=1S/C13H19NO3S/c1-14(2)6-7-17-10-8-11(9-4-5-9)18-12(10)13(15)16-3/h8-9H,4-7H2,1-3H3. The minimum Gasteiger partial charge on any atom is -0.490 e. The zero-order valence-electron chi connectivity index (χ0n) is 11.1. The van der Waals surface area contributed by atoms with Crippen LogP contribution in [0.15, 0.2) is 6.07 Å². The van der Waals surface area contributed by atoms with Crippen molar-refractivity contribution in [3.8, 4) is 5.75 Å². The zero-order chi connectivity index (χ0) is 13.1. The maximum atomic E-state index is 11.7. The van der Waals surface area contributed by atoms with Crippen LogP contribution in [0.3, 0.4) is 0 Å². The highest BCUT2D eigenvalue weighted by molar-refractivity contribution is 7.14. The third-order valence-electron chi connectivity index (χ3n) is 2.86. The Hall–Kier alpha value is -1.07. The summed E-state index contributed by atoms with van der Waals surface area (Å²) in [4.78, 5) is 15.6. The monoisotopic (exact) mass is 269 g/mol. The lowest BCUT2D eigenvalue weighted by Crippen LogP contribution is -2.19. The van der Waals surface area contributed by atoms with E-state index in [9.17, 15) is 4.79 Å². The molecule has 4 nitrogen and oxygen atoms in total. The number of carbonyl (C=O) groups excluding carboxylic acids is 1. The van der Waals surface area contributed by atoms with Gasteiger partial charge in [-0.1, -0.05) is 0 Å². The van der Waals surface area contributed by atoms with E-state index in [1.54, 1.807) is 0 Å². The van der Waals surface area contributed by atoms with Crippen LogP contribution in [0.25, 0.3) is 0 Å². The largest absolute Gasteiger partial charge is 0.490 e. The van der Waals surface area contributed by atoms with Gasteiger partial charge < -0.3 is 14.4 Å². The predicted molar refractivity (Wildman–Crippen MR) is 71.7 cm³/mol. The van der Waals surface area contributed by atoms with E-state index in [2.05, 4.69) is 0 Å². The number of ether oxygens (including phenoxy) is 2. The van der Waals surface area contributed by atoms with Crippen molar-refractivity contribution in [3.05, 3.63) is 15.8 Å². The first-order valence-corrected chi connectivity index (χ1v) is 6.93. The molecule has 1 aromatic heterocycles. The van der Waals surface area contributed by atoms with Crippen molar-refractivity contribution in [3.63, 3.8) is 0 Å². The Morgan fingerprint density at radius 2 is 2.22 bits per heavy atom. The molecule has 0 amide bonds. The predicted octanol–water partition coefficient (Wildman–Crippen LogP) is 2.35. The van der Waals surface area contributed by atoms with E-state index in [0.29, 0.717) is 23.2 Å². The lowest BCUT2D eigenvalue weighted by molar-refractivity contribution is 0.0602. The molecule has 1 aliphatic carbocycles. The average Bonchev–Trinajstić information content (AvgIpc) is 3.10. The van der Waals surface area contributed by atoms with Gasteiger partial charge in [0, 0.05) is 11.4 Å². The van der Waals surface area contributed by atoms with Gasteiger partial charge in [-0.2, -0.15) is 0 Å². The number of hydrogen-bond donors (Lipinski definition) is 0. The summed E-state index contributed by atoms with van der Waals surface area (Å²) in [6.45, 7) is 1.41. The molecule has 18 heavy (non-hydrogen) atoms. The van der Waals surface area contributed by atoms with Crippen LogP contribution in [0.5, 0.6) is 5.75 Å². The summed E-state index contributed by atoms with van der Waals surface area (Å²) in [5.41, 5.74) is 0. The van der Waals surface area contributed by atoms with Crippen LogP contribution in [0, 0.1) is 0 Å². The van der Waals surface area contributed by atoms with Gasteiger partial charge in [0.25, 0.3) is 0 Å². The molecular weight excluding hydrogens is 250 g/mol. The van der Waals surface area contributed by atoms with Gasteiger partial charge in [0.2, 0.25) is 0 Å². The van der Waals surface area contributed by atoms with Crippen LogP contribution in [0.4, 0.5) is 0 Å². The van der Waals surface area contributed by atoms with Crippen molar-refractivity contribution in [1.29, 1.82) is 0 Å². The molecule has 1 fully saturated rings. The molecule has 0 atom stereocenters. The van der Waals surface area contributed by atoms with Gasteiger partial charge >= 0.3 is 5.97 Å². The van der Waals surface area contributed by atoms with Crippen molar-refractivity contribution >= 4 is 17.3 Å². The van der Waals surface area contributed by atoms with Gasteiger partial charge in [-0.25, -0.2) is 4.79 Å². The van der Waals surface area contributed by atoms with Gasteiger partial charge in [-0.05, 0) is 38.9 Å². The molecule has 0 saturated heterocycles. The summed E-state index contributed by atoms with van der Waals surface area (Å²) in [7, 11) is 5.39. The van der Waals surface area contributed by atoms with Crippen LogP contribution >= 0.6 is 11.3 Å². The Kier molecular flexibility index (Phi) is 4.24. The maximum absolute atomic E-state index is 11.7. The quantitative estimate of drug-likeness (QED) is 0.743. The number of thiophene rings is 1.